The van der Waals surface area contributed by atoms with E-state index in [1.54, 1.807) is 13.0 Å². The van der Waals surface area contributed by atoms with Crippen LogP contribution in [0.15, 0.2) is 18.2 Å². The van der Waals surface area contributed by atoms with Crippen molar-refractivity contribution in [2.45, 2.75) is 20.8 Å². The summed E-state index contributed by atoms with van der Waals surface area (Å²) in [5, 5.41) is 9.21. The number of benzene rings is 1. The molecule has 88 valence electrons. The third-order valence-corrected chi connectivity index (χ3v) is 2.04. The van der Waals surface area contributed by atoms with E-state index in [-0.39, 0.29) is 11.7 Å². The van der Waals surface area contributed by atoms with E-state index in [2.05, 4.69) is 5.48 Å². The molecule has 0 radical (unpaired) electrons. The average molecular weight is 223 g/mol. The number of carbonyl (C=O) groups is 1. The zero-order valence-corrected chi connectivity index (χ0v) is 9.78. The van der Waals surface area contributed by atoms with Gasteiger partial charge in [0.05, 0.1) is 6.61 Å². The van der Waals surface area contributed by atoms with Gasteiger partial charge in [0.1, 0.15) is 5.75 Å². The SMILES string of the molecule is Cc1cc(O)ccc1C(=O)NOCC(C)C. The molecule has 16 heavy (non-hydrogen) atoms. The molecule has 0 aliphatic rings. The molecule has 0 unspecified atom stereocenters. The van der Waals surface area contributed by atoms with Gasteiger partial charge in [-0.05, 0) is 36.6 Å². The highest BCUT2D eigenvalue weighted by Gasteiger charge is 2.09. The largest absolute Gasteiger partial charge is 0.508 e. The molecular weight excluding hydrogens is 206 g/mol. The van der Waals surface area contributed by atoms with Crippen LogP contribution in [0, 0.1) is 12.8 Å². The van der Waals surface area contributed by atoms with E-state index < -0.39 is 0 Å². The van der Waals surface area contributed by atoms with Crippen molar-refractivity contribution in [1.29, 1.82) is 0 Å². The molecule has 1 aromatic rings. The number of aryl methyl sites for hydroxylation is 1. The number of hydrogen-bond acceptors (Lipinski definition) is 3. The fraction of sp³-hybridized carbons (Fsp3) is 0.417. The van der Waals surface area contributed by atoms with Gasteiger partial charge < -0.3 is 5.11 Å². The number of aromatic hydroxyl groups is 1. The third-order valence-electron chi connectivity index (χ3n) is 2.04. The van der Waals surface area contributed by atoms with Gasteiger partial charge in [0.2, 0.25) is 0 Å². The topological polar surface area (TPSA) is 58.6 Å². The van der Waals surface area contributed by atoms with Gasteiger partial charge in [-0.1, -0.05) is 13.8 Å². The summed E-state index contributed by atoms with van der Waals surface area (Å²) in [5.74, 6) is 0.219. The average Bonchev–Trinajstić information content (AvgIpc) is 2.16. The van der Waals surface area contributed by atoms with Crippen molar-refractivity contribution in [3.63, 3.8) is 0 Å². The van der Waals surface area contributed by atoms with Crippen LogP contribution in [0.4, 0.5) is 0 Å². The smallest absolute Gasteiger partial charge is 0.275 e. The first-order valence-electron chi connectivity index (χ1n) is 5.22. The Morgan fingerprint density at radius 2 is 2.19 bits per heavy atom. The number of nitrogens with one attached hydrogen (secondary N) is 1. The van der Waals surface area contributed by atoms with Crippen LogP contribution in [0.3, 0.4) is 0 Å². The van der Waals surface area contributed by atoms with Gasteiger partial charge in [0, 0.05) is 5.56 Å². The number of amides is 1. The second kappa shape index (κ2) is 5.51. The molecule has 1 amide bonds. The van der Waals surface area contributed by atoms with E-state index in [1.165, 1.54) is 12.1 Å². The summed E-state index contributed by atoms with van der Waals surface area (Å²) < 4.78 is 0. The molecule has 1 rings (SSSR count). The maximum absolute atomic E-state index is 11.6. The number of phenolic OH excluding ortho intramolecular Hbond substituents is 1. The standard InChI is InChI=1S/C12H17NO3/c1-8(2)7-16-13-12(15)11-5-4-10(14)6-9(11)3/h4-6,8,14H,7H2,1-3H3,(H,13,15). The first-order chi connectivity index (χ1) is 7.50. The Bertz CT molecular complexity index is 375. The van der Waals surface area contributed by atoms with Gasteiger partial charge in [0.25, 0.3) is 5.91 Å². The Morgan fingerprint density at radius 1 is 1.50 bits per heavy atom. The summed E-state index contributed by atoms with van der Waals surface area (Å²) in [6.07, 6.45) is 0. The van der Waals surface area contributed by atoms with Crippen molar-refractivity contribution in [1.82, 2.24) is 5.48 Å². The molecule has 4 nitrogen and oxygen atoms in total. The van der Waals surface area contributed by atoms with Gasteiger partial charge in [0.15, 0.2) is 0 Å². The fourth-order valence-corrected chi connectivity index (χ4v) is 1.23. The van der Waals surface area contributed by atoms with Gasteiger partial charge in [-0.15, -0.1) is 0 Å². The molecule has 0 fully saturated rings. The molecule has 0 atom stereocenters. The van der Waals surface area contributed by atoms with Gasteiger partial charge >= 0.3 is 0 Å². The molecule has 0 saturated carbocycles. The van der Waals surface area contributed by atoms with E-state index in [9.17, 15) is 9.90 Å². The van der Waals surface area contributed by atoms with Crippen molar-refractivity contribution in [3.8, 4) is 5.75 Å². The van der Waals surface area contributed by atoms with E-state index >= 15 is 0 Å². The number of rotatable bonds is 4. The Kier molecular flexibility index (Phi) is 4.31. The number of carbonyl (C=O) groups excluding carboxylic acids is 1. The zero-order valence-electron chi connectivity index (χ0n) is 9.78. The van der Waals surface area contributed by atoms with Crippen LogP contribution in [0.25, 0.3) is 0 Å². The normalized spacial score (nSPS) is 10.5. The molecule has 2 N–H and O–H groups in total. The quantitative estimate of drug-likeness (QED) is 0.768. The molecule has 4 heteroatoms. The predicted octanol–water partition coefficient (Wildman–Crippen LogP) is 2.02. The Balaban J connectivity index is 2.59. The number of hydrogen-bond donors (Lipinski definition) is 2. The number of hydroxylamine groups is 1. The summed E-state index contributed by atoms with van der Waals surface area (Å²) in [4.78, 5) is 16.7. The maximum atomic E-state index is 11.6. The molecule has 0 spiro atoms. The van der Waals surface area contributed by atoms with Crippen molar-refractivity contribution in [2.75, 3.05) is 6.61 Å². The van der Waals surface area contributed by atoms with Crippen LogP contribution in [-0.4, -0.2) is 17.6 Å². The Hall–Kier alpha value is -1.55. The summed E-state index contributed by atoms with van der Waals surface area (Å²) in [7, 11) is 0. The first-order valence-corrected chi connectivity index (χ1v) is 5.22. The van der Waals surface area contributed by atoms with E-state index in [4.69, 9.17) is 4.84 Å². The summed E-state index contributed by atoms with van der Waals surface area (Å²) >= 11 is 0. The Morgan fingerprint density at radius 3 is 2.75 bits per heavy atom. The highest BCUT2D eigenvalue weighted by molar-refractivity contribution is 5.95. The fourth-order valence-electron chi connectivity index (χ4n) is 1.23. The van der Waals surface area contributed by atoms with Crippen molar-refractivity contribution < 1.29 is 14.7 Å². The van der Waals surface area contributed by atoms with E-state index in [0.29, 0.717) is 23.7 Å². The molecule has 1 aromatic carbocycles. The van der Waals surface area contributed by atoms with Gasteiger partial charge in [-0.25, -0.2) is 5.48 Å². The van der Waals surface area contributed by atoms with E-state index in [0.717, 1.165) is 0 Å². The van der Waals surface area contributed by atoms with Crippen LogP contribution < -0.4 is 5.48 Å². The van der Waals surface area contributed by atoms with Crippen molar-refractivity contribution in [3.05, 3.63) is 29.3 Å². The van der Waals surface area contributed by atoms with Crippen molar-refractivity contribution in [2.24, 2.45) is 5.92 Å². The Labute approximate surface area is 95.2 Å². The second-order valence-corrected chi connectivity index (χ2v) is 4.14. The molecule has 0 aromatic heterocycles. The van der Waals surface area contributed by atoms with Crippen LogP contribution in [0.2, 0.25) is 0 Å². The summed E-state index contributed by atoms with van der Waals surface area (Å²) in [6, 6.07) is 4.58. The lowest BCUT2D eigenvalue weighted by molar-refractivity contribution is 0.0208. The zero-order chi connectivity index (χ0) is 12.1. The van der Waals surface area contributed by atoms with Crippen LogP contribution in [0.1, 0.15) is 29.8 Å². The summed E-state index contributed by atoms with van der Waals surface area (Å²) in [5.41, 5.74) is 3.59. The predicted molar refractivity (Wildman–Crippen MR) is 61.1 cm³/mol. The molecule has 0 saturated heterocycles. The van der Waals surface area contributed by atoms with Crippen molar-refractivity contribution >= 4 is 5.91 Å². The third kappa shape index (κ3) is 3.55. The monoisotopic (exact) mass is 223 g/mol. The highest BCUT2D eigenvalue weighted by Crippen LogP contribution is 2.15. The summed E-state index contributed by atoms with van der Waals surface area (Å²) in [6.45, 7) is 6.23. The molecule has 0 bridgehead atoms. The number of phenols is 1. The first kappa shape index (κ1) is 12.5. The highest BCUT2D eigenvalue weighted by atomic mass is 16.6. The van der Waals surface area contributed by atoms with Gasteiger partial charge in [-0.2, -0.15) is 0 Å². The minimum Gasteiger partial charge on any atom is -0.508 e. The van der Waals surface area contributed by atoms with E-state index in [1.807, 2.05) is 13.8 Å². The van der Waals surface area contributed by atoms with Crippen LogP contribution in [-0.2, 0) is 4.84 Å². The minimum absolute atomic E-state index is 0.150. The lowest BCUT2D eigenvalue weighted by atomic mass is 10.1. The molecule has 0 heterocycles. The lowest BCUT2D eigenvalue weighted by Gasteiger charge is -2.09. The molecule has 0 aliphatic heterocycles. The minimum atomic E-state index is -0.293. The van der Waals surface area contributed by atoms with Crippen LogP contribution >= 0.6 is 0 Å². The maximum Gasteiger partial charge on any atom is 0.275 e. The molecule has 0 aliphatic carbocycles. The lowest BCUT2D eigenvalue weighted by Crippen LogP contribution is -2.26. The second-order valence-electron chi connectivity index (χ2n) is 4.14. The van der Waals surface area contributed by atoms with Gasteiger partial charge in [-0.3, -0.25) is 9.63 Å². The molecular formula is C12H17NO3. The van der Waals surface area contributed by atoms with Crippen LogP contribution in [0.5, 0.6) is 5.75 Å².